The van der Waals surface area contributed by atoms with Crippen molar-refractivity contribution in [2.75, 3.05) is 13.7 Å². The summed E-state index contributed by atoms with van der Waals surface area (Å²) >= 11 is 0. The Bertz CT molecular complexity index is 246. The molecule has 0 aromatic carbocycles. The van der Waals surface area contributed by atoms with Crippen LogP contribution in [0.1, 0.15) is 39.5 Å². The fourth-order valence-corrected chi connectivity index (χ4v) is 2.36. The molecule has 0 saturated heterocycles. The molecular weight excluding hydrogens is 216 g/mol. The lowest BCUT2D eigenvalue weighted by atomic mass is 9.79. The smallest absolute Gasteiger partial charge is 0.237 e. The van der Waals surface area contributed by atoms with E-state index in [1.165, 1.54) is 6.42 Å². The number of hydrogen-bond acceptors (Lipinski definition) is 3. The van der Waals surface area contributed by atoms with Crippen LogP contribution in [-0.2, 0) is 9.53 Å². The van der Waals surface area contributed by atoms with Crippen molar-refractivity contribution in [2.45, 2.75) is 51.6 Å². The Morgan fingerprint density at radius 1 is 1.41 bits per heavy atom. The second-order valence-electron chi connectivity index (χ2n) is 5.36. The Balaban J connectivity index is 2.31. The lowest BCUT2D eigenvalue weighted by Crippen LogP contribution is -2.47. The van der Waals surface area contributed by atoms with Gasteiger partial charge in [0.15, 0.2) is 0 Å². The van der Waals surface area contributed by atoms with Crippen molar-refractivity contribution in [1.82, 2.24) is 5.32 Å². The minimum Gasteiger partial charge on any atom is -0.385 e. The van der Waals surface area contributed by atoms with Crippen LogP contribution in [0.15, 0.2) is 0 Å². The van der Waals surface area contributed by atoms with Crippen molar-refractivity contribution >= 4 is 5.91 Å². The molecular formula is C13H26N2O2. The summed E-state index contributed by atoms with van der Waals surface area (Å²) in [5.41, 5.74) is 5.79. The summed E-state index contributed by atoms with van der Waals surface area (Å²) in [6.07, 6.45) is 3.93. The monoisotopic (exact) mass is 242 g/mol. The summed E-state index contributed by atoms with van der Waals surface area (Å²) < 4.78 is 4.92. The predicted octanol–water partition coefficient (Wildman–Crippen LogP) is 1.29. The van der Waals surface area contributed by atoms with E-state index >= 15 is 0 Å². The van der Waals surface area contributed by atoms with Gasteiger partial charge in [0.25, 0.3) is 0 Å². The number of nitrogens with one attached hydrogen (secondary N) is 1. The fraction of sp³-hybridized carbons (Fsp3) is 0.923. The molecule has 1 saturated carbocycles. The molecule has 1 amide bonds. The lowest BCUT2D eigenvalue weighted by Gasteiger charge is -2.33. The third kappa shape index (κ3) is 4.64. The largest absolute Gasteiger partial charge is 0.385 e. The minimum atomic E-state index is -0.440. The number of rotatable bonds is 5. The van der Waals surface area contributed by atoms with Gasteiger partial charge in [-0.05, 0) is 37.5 Å². The highest BCUT2D eigenvalue weighted by atomic mass is 16.5. The van der Waals surface area contributed by atoms with Gasteiger partial charge < -0.3 is 15.8 Å². The molecule has 17 heavy (non-hydrogen) atoms. The fourth-order valence-electron chi connectivity index (χ4n) is 2.36. The van der Waals surface area contributed by atoms with Crippen LogP contribution in [-0.4, -0.2) is 31.7 Å². The Kier molecular flexibility index (Phi) is 5.92. The quantitative estimate of drug-likeness (QED) is 0.763. The Morgan fingerprint density at radius 3 is 2.71 bits per heavy atom. The van der Waals surface area contributed by atoms with Gasteiger partial charge in [-0.15, -0.1) is 0 Å². The number of nitrogens with two attached hydrogens (primary N) is 1. The molecule has 1 aliphatic carbocycles. The van der Waals surface area contributed by atoms with E-state index in [4.69, 9.17) is 10.5 Å². The van der Waals surface area contributed by atoms with Gasteiger partial charge in [-0.25, -0.2) is 0 Å². The van der Waals surface area contributed by atoms with Crippen molar-refractivity contribution in [3.63, 3.8) is 0 Å². The van der Waals surface area contributed by atoms with Gasteiger partial charge in [-0.2, -0.15) is 0 Å². The van der Waals surface area contributed by atoms with E-state index in [1.807, 2.05) is 0 Å². The van der Waals surface area contributed by atoms with Crippen molar-refractivity contribution in [2.24, 2.45) is 17.6 Å². The zero-order valence-corrected chi connectivity index (χ0v) is 11.2. The zero-order valence-electron chi connectivity index (χ0n) is 11.2. The molecule has 1 rings (SSSR count). The molecule has 0 heterocycles. The zero-order chi connectivity index (χ0) is 12.8. The molecule has 4 nitrogen and oxygen atoms in total. The molecule has 100 valence electrons. The Morgan fingerprint density at radius 2 is 2.12 bits per heavy atom. The first-order valence-corrected chi connectivity index (χ1v) is 6.59. The number of hydrogen-bond donors (Lipinski definition) is 2. The summed E-state index contributed by atoms with van der Waals surface area (Å²) in [5, 5.41) is 3.06. The molecule has 0 aromatic heterocycles. The third-order valence-electron chi connectivity index (χ3n) is 3.91. The van der Waals surface area contributed by atoms with E-state index in [-0.39, 0.29) is 5.91 Å². The van der Waals surface area contributed by atoms with E-state index in [1.54, 1.807) is 7.11 Å². The van der Waals surface area contributed by atoms with Gasteiger partial charge in [-0.3, -0.25) is 4.79 Å². The normalized spacial score (nSPS) is 30.9. The van der Waals surface area contributed by atoms with Gasteiger partial charge >= 0.3 is 0 Å². The van der Waals surface area contributed by atoms with Crippen LogP contribution < -0.4 is 11.1 Å². The van der Waals surface area contributed by atoms with Crippen molar-refractivity contribution in [3.8, 4) is 0 Å². The van der Waals surface area contributed by atoms with Crippen LogP contribution in [0, 0.1) is 11.8 Å². The summed E-state index contributed by atoms with van der Waals surface area (Å²) in [7, 11) is 1.62. The van der Waals surface area contributed by atoms with Crippen LogP contribution in [0.2, 0.25) is 0 Å². The second kappa shape index (κ2) is 6.97. The van der Waals surface area contributed by atoms with E-state index in [2.05, 4.69) is 19.2 Å². The first kappa shape index (κ1) is 14.5. The average molecular weight is 242 g/mol. The molecule has 4 atom stereocenters. The second-order valence-corrected chi connectivity index (χ2v) is 5.36. The molecule has 1 fully saturated rings. The SMILES string of the molecule is COCCC(N)C(=O)NC1CCC(C)C(C)C1. The molecule has 0 radical (unpaired) electrons. The average Bonchev–Trinajstić information content (AvgIpc) is 2.30. The molecule has 1 aliphatic rings. The summed E-state index contributed by atoms with van der Waals surface area (Å²) in [4.78, 5) is 11.8. The molecule has 0 aromatic rings. The number of ether oxygens (including phenoxy) is 1. The van der Waals surface area contributed by atoms with Gasteiger partial charge in [0.05, 0.1) is 6.04 Å². The van der Waals surface area contributed by atoms with Crippen molar-refractivity contribution in [1.29, 1.82) is 0 Å². The van der Waals surface area contributed by atoms with Crippen LogP contribution in [0.4, 0.5) is 0 Å². The molecule has 4 unspecified atom stereocenters. The number of carbonyl (C=O) groups excluding carboxylic acids is 1. The Labute approximate surface area is 104 Å². The van der Waals surface area contributed by atoms with Gasteiger partial charge in [0.2, 0.25) is 5.91 Å². The van der Waals surface area contributed by atoms with Gasteiger partial charge in [0, 0.05) is 19.8 Å². The molecule has 4 heteroatoms. The third-order valence-corrected chi connectivity index (χ3v) is 3.91. The molecule has 3 N–H and O–H groups in total. The van der Waals surface area contributed by atoms with Crippen molar-refractivity contribution < 1.29 is 9.53 Å². The summed E-state index contributed by atoms with van der Waals surface area (Å²) in [5.74, 6) is 1.42. The summed E-state index contributed by atoms with van der Waals surface area (Å²) in [6.45, 7) is 5.08. The number of methoxy groups -OCH3 is 1. The molecule has 0 spiro atoms. The van der Waals surface area contributed by atoms with E-state index in [0.717, 1.165) is 18.8 Å². The highest BCUT2D eigenvalue weighted by Crippen LogP contribution is 2.29. The number of amides is 1. The van der Waals surface area contributed by atoms with E-state index < -0.39 is 6.04 Å². The van der Waals surface area contributed by atoms with Crippen LogP contribution in [0.3, 0.4) is 0 Å². The first-order chi connectivity index (χ1) is 8.04. The van der Waals surface area contributed by atoms with Crippen LogP contribution in [0.5, 0.6) is 0 Å². The van der Waals surface area contributed by atoms with E-state index in [9.17, 15) is 4.79 Å². The van der Waals surface area contributed by atoms with Crippen molar-refractivity contribution in [3.05, 3.63) is 0 Å². The highest BCUT2D eigenvalue weighted by molar-refractivity contribution is 5.81. The Hall–Kier alpha value is -0.610. The van der Waals surface area contributed by atoms with Crippen LogP contribution in [0.25, 0.3) is 0 Å². The van der Waals surface area contributed by atoms with Gasteiger partial charge in [-0.1, -0.05) is 13.8 Å². The predicted molar refractivity (Wildman–Crippen MR) is 68.6 cm³/mol. The number of carbonyl (C=O) groups is 1. The minimum absolute atomic E-state index is 0.0335. The standard InChI is InChI=1S/C13H26N2O2/c1-9-4-5-11(8-10(9)2)15-13(16)12(14)6-7-17-3/h9-12H,4-8,14H2,1-3H3,(H,15,16). The maximum atomic E-state index is 11.8. The van der Waals surface area contributed by atoms with Gasteiger partial charge in [0.1, 0.15) is 0 Å². The maximum Gasteiger partial charge on any atom is 0.237 e. The highest BCUT2D eigenvalue weighted by Gasteiger charge is 2.26. The van der Waals surface area contributed by atoms with E-state index in [0.29, 0.717) is 25.0 Å². The van der Waals surface area contributed by atoms with Crippen LogP contribution >= 0.6 is 0 Å². The first-order valence-electron chi connectivity index (χ1n) is 6.59. The topological polar surface area (TPSA) is 64.3 Å². The molecule has 0 bridgehead atoms. The lowest BCUT2D eigenvalue weighted by molar-refractivity contribution is -0.123. The summed E-state index contributed by atoms with van der Waals surface area (Å²) in [6, 6.07) is -0.132. The maximum absolute atomic E-state index is 11.8. The molecule has 0 aliphatic heterocycles.